The van der Waals surface area contributed by atoms with Gasteiger partial charge < -0.3 is 9.32 Å². The molecule has 0 saturated carbocycles. The zero-order valence-electron chi connectivity index (χ0n) is 18.9. The topological polar surface area (TPSA) is 92.8 Å². The van der Waals surface area contributed by atoms with Gasteiger partial charge in [-0.05, 0) is 61.9 Å². The van der Waals surface area contributed by atoms with Crippen molar-refractivity contribution >= 4 is 32.7 Å². The fourth-order valence-corrected chi connectivity index (χ4v) is 6.46. The zero-order chi connectivity index (χ0) is 24.0. The number of benzene rings is 2. The molecule has 3 heterocycles. The molecule has 10 heteroatoms. The lowest BCUT2D eigenvalue weighted by Crippen LogP contribution is -2.37. The van der Waals surface area contributed by atoms with E-state index in [0.717, 1.165) is 30.4 Å². The molecule has 34 heavy (non-hydrogen) atoms. The molecule has 0 atom stereocenters. The smallest absolute Gasteiger partial charge is 0.408 e. The van der Waals surface area contributed by atoms with Gasteiger partial charge in [-0.2, -0.15) is 4.31 Å². The van der Waals surface area contributed by atoms with Crippen LogP contribution in [-0.4, -0.2) is 42.8 Å². The predicted molar refractivity (Wildman–Crippen MR) is 125 cm³/mol. The second kappa shape index (κ2) is 8.66. The molecule has 3 aromatic rings. The van der Waals surface area contributed by atoms with E-state index in [1.54, 1.807) is 0 Å². The lowest BCUT2D eigenvalue weighted by atomic mass is 9.98. The predicted octanol–water partition coefficient (Wildman–Crippen LogP) is 3.20. The summed E-state index contributed by atoms with van der Waals surface area (Å²) >= 11 is 0. The maximum absolute atomic E-state index is 14.7. The van der Waals surface area contributed by atoms with Gasteiger partial charge in [0.2, 0.25) is 15.9 Å². The number of hydrogen-bond acceptors (Lipinski definition) is 5. The molecular formula is C24H26FN3O5S. The van der Waals surface area contributed by atoms with Gasteiger partial charge in [-0.25, -0.2) is 17.6 Å². The lowest BCUT2D eigenvalue weighted by Gasteiger charge is -2.30. The molecule has 0 radical (unpaired) electrons. The van der Waals surface area contributed by atoms with Crippen LogP contribution in [-0.2, 0) is 27.8 Å². The van der Waals surface area contributed by atoms with Crippen molar-refractivity contribution in [3.63, 3.8) is 0 Å². The highest BCUT2D eigenvalue weighted by Crippen LogP contribution is 2.32. The third-order valence-electron chi connectivity index (χ3n) is 6.58. The summed E-state index contributed by atoms with van der Waals surface area (Å²) in [5, 5.41) is 0. The number of carbonyl (C=O) groups is 1. The molecule has 0 N–H and O–H groups in total. The Morgan fingerprint density at radius 3 is 2.62 bits per heavy atom. The fraction of sp³-hybridized carbons (Fsp3) is 0.417. The van der Waals surface area contributed by atoms with Crippen LogP contribution in [0.4, 0.5) is 10.1 Å². The number of fused-ring (bicyclic) bond motifs is 2. The molecule has 0 bridgehead atoms. The van der Waals surface area contributed by atoms with Gasteiger partial charge in [0.15, 0.2) is 5.58 Å². The Morgan fingerprint density at radius 1 is 1.09 bits per heavy atom. The average Bonchev–Trinajstić information content (AvgIpc) is 3.44. The molecule has 1 aromatic heterocycles. The average molecular weight is 488 g/mol. The number of carbonyl (C=O) groups excluding carboxylic acids is 1. The van der Waals surface area contributed by atoms with Gasteiger partial charge in [0.1, 0.15) is 5.82 Å². The molecular weight excluding hydrogens is 461 g/mol. The Balaban J connectivity index is 1.38. The molecule has 0 unspecified atom stereocenters. The van der Waals surface area contributed by atoms with E-state index in [2.05, 4.69) is 0 Å². The summed E-state index contributed by atoms with van der Waals surface area (Å²) in [5.74, 6) is -1.36. The van der Waals surface area contributed by atoms with Gasteiger partial charge in [0, 0.05) is 38.7 Å². The minimum Gasteiger partial charge on any atom is -0.408 e. The summed E-state index contributed by atoms with van der Waals surface area (Å²) < 4.78 is 48.4. The number of sulfonamides is 1. The summed E-state index contributed by atoms with van der Waals surface area (Å²) in [4.78, 5) is 27.0. The van der Waals surface area contributed by atoms with Gasteiger partial charge in [-0.3, -0.25) is 9.36 Å². The van der Waals surface area contributed by atoms with Gasteiger partial charge in [-0.15, -0.1) is 0 Å². The number of anilines is 1. The SMILES string of the molecule is Cc1cc(F)c2c(c1)CCCN2C(=O)CCn1c(=O)oc2cc(S(=O)(=O)N3CCCC3)ccc21. The number of halogens is 1. The molecule has 8 nitrogen and oxygen atoms in total. The summed E-state index contributed by atoms with van der Waals surface area (Å²) in [6.45, 7) is 3.25. The minimum atomic E-state index is -3.64. The normalized spacial score (nSPS) is 16.8. The number of oxazole rings is 1. The van der Waals surface area contributed by atoms with Crippen molar-refractivity contribution in [1.29, 1.82) is 0 Å². The second-order valence-electron chi connectivity index (χ2n) is 8.91. The Bertz CT molecular complexity index is 1440. The first kappa shape index (κ1) is 22.8. The Labute approximate surface area is 196 Å². The van der Waals surface area contributed by atoms with E-state index in [-0.39, 0.29) is 29.4 Å². The maximum atomic E-state index is 14.7. The van der Waals surface area contributed by atoms with Crippen LogP contribution in [0, 0.1) is 12.7 Å². The summed E-state index contributed by atoms with van der Waals surface area (Å²) in [6.07, 6.45) is 3.09. The van der Waals surface area contributed by atoms with Crippen molar-refractivity contribution in [2.75, 3.05) is 24.5 Å². The van der Waals surface area contributed by atoms with Crippen LogP contribution >= 0.6 is 0 Å². The number of aromatic nitrogens is 1. The molecule has 1 saturated heterocycles. The number of rotatable bonds is 5. The van der Waals surface area contributed by atoms with Crippen molar-refractivity contribution in [1.82, 2.24) is 8.87 Å². The molecule has 1 amide bonds. The van der Waals surface area contributed by atoms with E-state index in [4.69, 9.17) is 4.42 Å². The third kappa shape index (κ3) is 3.94. The van der Waals surface area contributed by atoms with Gasteiger partial charge in [-0.1, -0.05) is 6.07 Å². The number of amides is 1. The first-order valence-electron chi connectivity index (χ1n) is 11.5. The second-order valence-corrected chi connectivity index (χ2v) is 10.9. The first-order chi connectivity index (χ1) is 16.3. The van der Waals surface area contributed by atoms with Crippen molar-refractivity contribution in [2.45, 2.75) is 50.5 Å². The molecule has 1 fully saturated rings. The Morgan fingerprint density at radius 2 is 1.85 bits per heavy atom. The summed E-state index contributed by atoms with van der Waals surface area (Å²) in [5.41, 5.74) is 2.52. The number of hydrogen-bond donors (Lipinski definition) is 0. The van der Waals surface area contributed by atoms with E-state index < -0.39 is 21.6 Å². The third-order valence-corrected chi connectivity index (χ3v) is 8.47. The Kier molecular flexibility index (Phi) is 5.81. The number of nitrogens with zero attached hydrogens (tertiary/aromatic N) is 3. The maximum Gasteiger partial charge on any atom is 0.419 e. The van der Waals surface area contributed by atoms with E-state index >= 15 is 0 Å². The molecule has 0 spiro atoms. The first-order valence-corrected chi connectivity index (χ1v) is 12.9. The van der Waals surface area contributed by atoms with Crippen molar-refractivity contribution < 1.29 is 22.0 Å². The van der Waals surface area contributed by atoms with Gasteiger partial charge >= 0.3 is 5.76 Å². The molecule has 2 aromatic carbocycles. The van der Waals surface area contributed by atoms with Crippen LogP contribution in [0.15, 0.2) is 44.4 Å². The zero-order valence-corrected chi connectivity index (χ0v) is 19.7. The van der Waals surface area contributed by atoms with Crippen LogP contribution in [0.25, 0.3) is 11.1 Å². The Hall–Kier alpha value is -2.98. The standard InChI is InChI=1S/C24H26FN3O5S/c1-16-13-17-5-4-11-28(23(17)19(25)14-16)22(29)8-12-27-20-7-6-18(15-21(20)33-24(27)30)34(31,32)26-9-2-3-10-26/h6-7,13-15H,2-5,8-12H2,1H3. The van der Waals surface area contributed by atoms with Gasteiger partial charge in [0.05, 0.1) is 16.1 Å². The van der Waals surface area contributed by atoms with E-state index in [0.29, 0.717) is 37.3 Å². The highest BCUT2D eigenvalue weighted by atomic mass is 32.2. The molecule has 5 rings (SSSR count). The quantitative estimate of drug-likeness (QED) is 0.551. The summed E-state index contributed by atoms with van der Waals surface area (Å²) in [7, 11) is -3.64. The molecule has 2 aliphatic rings. The highest BCUT2D eigenvalue weighted by molar-refractivity contribution is 7.89. The molecule has 0 aliphatic carbocycles. The summed E-state index contributed by atoms with van der Waals surface area (Å²) in [6, 6.07) is 7.68. The highest BCUT2D eigenvalue weighted by Gasteiger charge is 2.29. The van der Waals surface area contributed by atoms with Crippen LogP contribution in [0.3, 0.4) is 0 Å². The van der Waals surface area contributed by atoms with Crippen LogP contribution in [0.1, 0.15) is 36.8 Å². The van der Waals surface area contributed by atoms with Crippen LogP contribution in [0.5, 0.6) is 0 Å². The van der Waals surface area contributed by atoms with E-state index in [1.807, 2.05) is 13.0 Å². The van der Waals surface area contributed by atoms with Crippen molar-refractivity contribution in [3.05, 3.63) is 57.8 Å². The monoisotopic (exact) mass is 487 g/mol. The van der Waals surface area contributed by atoms with E-state index in [9.17, 15) is 22.4 Å². The lowest BCUT2D eigenvalue weighted by molar-refractivity contribution is -0.118. The van der Waals surface area contributed by atoms with Crippen molar-refractivity contribution in [2.24, 2.45) is 0 Å². The largest absolute Gasteiger partial charge is 0.419 e. The van der Waals surface area contributed by atoms with Crippen molar-refractivity contribution in [3.8, 4) is 0 Å². The van der Waals surface area contributed by atoms with Gasteiger partial charge in [0.25, 0.3) is 0 Å². The molecule has 2 aliphatic heterocycles. The van der Waals surface area contributed by atoms with Crippen LogP contribution in [0.2, 0.25) is 0 Å². The number of aryl methyl sites for hydroxylation is 3. The molecule has 180 valence electrons. The van der Waals surface area contributed by atoms with Crippen LogP contribution < -0.4 is 10.7 Å². The fourth-order valence-electron chi connectivity index (χ4n) is 4.93. The van der Waals surface area contributed by atoms with E-state index in [1.165, 1.54) is 38.0 Å². The minimum absolute atomic E-state index is 0.0187.